The van der Waals surface area contributed by atoms with Crippen LogP contribution in [0.4, 0.5) is 9.80 Å². The molecule has 1 aliphatic rings. The second kappa shape index (κ2) is 9.87. The standard InChI is InChI=1S/C21H21N3O4S/c1-27-11-12-28-21(26)24-10-9-16-17(13-22)20(29-18(16)14-24)23-19(25)8-7-15-5-3-2-4-6-15/h2-8H,9-12,14H2,1H3,(H,23,25)/b8-7+. The molecule has 2 amide bonds. The second-order valence-electron chi connectivity index (χ2n) is 6.33. The average molecular weight is 411 g/mol. The van der Waals surface area contributed by atoms with Crippen LogP contribution in [0.2, 0.25) is 0 Å². The van der Waals surface area contributed by atoms with Crippen LogP contribution in [0.3, 0.4) is 0 Å². The summed E-state index contributed by atoms with van der Waals surface area (Å²) in [5.74, 6) is -0.306. The molecule has 7 nitrogen and oxygen atoms in total. The molecule has 3 rings (SSSR count). The number of carbonyl (C=O) groups is 2. The molecule has 150 valence electrons. The summed E-state index contributed by atoms with van der Waals surface area (Å²) < 4.78 is 10.0. The molecule has 0 spiro atoms. The Morgan fingerprint density at radius 1 is 1.31 bits per heavy atom. The van der Waals surface area contributed by atoms with Crippen LogP contribution < -0.4 is 5.32 Å². The molecule has 0 radical (unpaired) electrons. The first-order valence-electron chi connectivity index (χ1n) is 9.11. The molecule has 0 saturated carbocycles. The number of amides is 2. The Balaban J connectivity index is 1.68. The molecule has 8 heteroatoms. The van der Waals surface area contributed by atoms with Crippen molar-refractivity contribution in [1.82, 2.24) is 4.90 Å². The molecule has 2 aromatic rings. The Morgan fingerprint density at radius 2 is 2.10 bits per heavy atom. The van der Waals surface area contributed by atoms with Gasteiger partial charge in [0.1, 0.15) is 17.7 Å². The van der Waals surface area contributed by atoms with Crippen molar-refractivity contribution in [3.8, 4) is 6.07 Å². The Morgan fingerprint density at radius 3 is 2.83 bits per heavy atom. The van der Waals surface area contributed by atoms with E-state index in [1.165, 1.54) is 17.4 Å². The monoisotopic (exact) mass is 411 g/mol. The molecular formula is C21H21N3O4S. The van der Waals surface area contributed by atoms with Gasteiger partial charge in [0.05, 0.1) is 18.7 Å². The highest BCUT2D eigenvalue weighted by molar-refractivity contribution is 7.16. The fourth-order valence-electron chi connectivity index (χ4n) is 2.96. The van der Waals surface area contributed by atoms with E-state index in [0.717, 1.165) is 16.0 Å². The third kappa shape index (κ3) is 5.22. The van der Waals surface area contributed by atoms with E-state index < -0.39 is 6.09 Å². The third-order valence-corrected chi connectivity index (χ3v) is 5.54. The number of rotatable bonds is 6. The summed E-state index contributed by atoms with van der Waals surface area (Å²) in [5.41, 5.74) is 2.27. The maximum absolute atomic E-state index is 12.3. The lowest BCUT2D eigenvalue weighted by atomic mass is 10.0. The highest BCUT2D eigenvalue weighted by Crippen LogP contribution is 2.36. The van der Waals surface area contributed by atoms with Crippen LogP contribution >= 0.6 is 11.3 Å². The predicted octanol–water partition coefficient (Wildman–Crippen LogP) is 3.41. The molecule has 0 fully saturated rings. The van der Waals surface area contributed by atoms with Gasteiger partial charge < -0.3 is 19.7 Å². The van der Waals surface area contributed by atoms with Gasteiger partial charge in [-0.15, -0.1) is 11.3 Å². The smallest absolute Gasteiger partial charge is 0.410 e. The number of benzene rings is 1. The van der Waals surface area contributed by atoms with Crippen molar-refractivity contribution >= 4 is 34.4 Å². The summed E-state index contributed by atoms with van der Waals surface area (Å²) in [6, 6.07) is 11.7. The van der Waals surface area contributed by atoms with Crippen LogP contribution in [0.5, 0.6) is 0 Å². The molecule has 29 heavy (non-hydrogen) atoms. The molecule has 1 aliphatic heterocycles. The number of fused-ring (bicyclic) bond motifs is 1. The number of hydrogen-bond donors (Lipinski definition) is 1. The van der Waals surface area contributed by atoms with Gasteiger partial charge in [0.15, 0.2) is 0 Å². The van der Waals surface area contributed by atoms with E-state index in [9.17, 15) is 14.9 Å². The van der Waals surface area contributed by atoms with Gasteiger partial charge in [-0.05, 0) is 23.6 Å². The van der Waals surface area contributed by atoms with Crippen molar-refractivity contribution in [2.75, 3.05) is 32.2 Å². The molecule has 0 aliphatic carbocycles. The van der Waals surface area contributed by atoms with Crippen molar-refractivity contribution < 1.29 is 19.1 Å². The van der Waals surface area contributed by atoms with Crippen LogP contribution in [0, 0.1) is 11.3 Å². The second-order valence-corrected chi connectivity index (χ2v) is 7.44. The minimum atomic E-state index is -0.406. The Labute approximate surface area is 173 Å². The van der Waals surface area contributed by atoms with E-state index >= 15 is 0 Å². The van der Waals surface area contributed by atoms with E-state index in [1.54, 1.807) is 18.1 Å². The largest absolute Gasteiger partial charge is 0.447 e. The number of ether oxygens (including phenoxy) is 2. The van der Waals surface area contributed by atoms with Gasteiger partial charge in [-0.2, -0.15) is 5.26 Å². The molecule has 1 aromatic heterocycles. The van der Waals surface area contributed by atoms with Crippen molar-refractivity contribution in [3.05, 3.63) is 58.0 Å². The van der Waals surface area contributed by atoms with E-state index in [4.69, 9.17) is 9.47 Å². The summed E-state index contributed by atoms with van der Waals surface area (Å²) in [4.78, 5) is 26.9. The highest BCUT2D eigenvalue weighted by Gasteiger charge is 2.28. The zero-order chi connectivity index (χ0) is 20.6. The molecule has 0 unspecified atom stereocenters. The fraction of sp³-hybridized carbons (Fsp3) is 0.286. The van der Waals surface area contributed by atoms with Crippen molar-refractivity contribution in [3.63, 3.8) is 0 Å². The molecule has 2 heterocycles. The number of methoxy groups -OCH3 is 1. The number of carbonyl (C=O) groups excluding carboxylic acids is 2. The van der Waals surface area contributed by atoms with E-state index in [1.807, 2.05) is 30.3 Å². The minimum Gasteiger partial charge on any atom is -0.447 e. The number of nitrogens with zero attached hydrogens (tertiary/aromatic N) is 2. The summed E-state index contributed by atoms with van der Waals surface area (Å²) in [5, 5.41) is 12.9. The maximum Gasteiger partial charge on any atom is 0.410 e. The molecule has 1 N–H and O–H groups in total. The van der Waals surface area contributed by atoms with E-state index in [-0.39, 0.29) is 12.5 Å². The van der Waals surface area contributed by atoms with Gasteiger partial charge in [-0.25, -0.2) is 4.79 Å². The lowest BCUT2D eigenvalue weighted by Crippen LogP contribution is -2.36. The number of hydrogen-bond acceptors (Lipinski definition) is 6. The van der Waals surface area contributed by atoms with Crippen molar-refractivity contribution in [2.24, 2.45) is 0 Å². The van der Waals surface area contributed by atoms with Crippen LogP contribution in [0.25, 0.3) is 6.08 Å². The highest BCUT2D eigenvalue weighted by atomic mass is 32.1. The van der Waals surface area contributed by atoms with Crippen LogP contribution in [-0.2, 0) is 27.2 Å². The van der Waals surface area contributed by atoms with Gasteiger partial charge in [0.25, 0.3) is 0 Å². The SMILES string of the molecule is COCCOC(=O)N1CCc2c(sc(NC(=O)/C=C/c3ccccc3)c2C#N)C1. The molecule has 0 bridgehead atoms. The van der Waals surface area contributed by atoms with Crippen molar-refractivity contribution in [2.45, 2.75) is 13.0 Å². The molecule has 0 saturated heterocycles. The predicted molar refractivity (Wildman–Crippen MR) is 110 cm³/mol. The van der Waals surface area contributed by atoms with Crippen molar-refractivity contribution in [1.29, 1.82) is 5.26 Å². The Bertz CT molecular complexity index is 947. The van der Waals surface area contributed by atoms with Gasteiger partial charge in [-0.3, -0.25) is 4.79 Å². The number of thiophene rings is 1. The third-order valence-electron chi connectivity index (χ3n) is 4.40. The quantitative estimate of drug-likeness (QED) is 0.581. The average Bonchev–Trinajstić information content (AvgIpc) is 3.09. The lowest BCUT2D eigenvalue weighted by Gasteiger charge is -2.26. The van der Waals surface area contributed by atoms with Gasteiger partial charge in [0, 0.05) is 24.6 Å². The summed E-state index contributed by atoms with van der Waals surface area (Å²) in [7, 11) is 1.54. The minimum absolute atomic E-state index is 0.196. The number of nitriles is 1. The summed E-state index contributed by atoms with van der Waals surface area (Å²) in [6.45, 7) is 1.36. The van der Waals surface area contributed by atoms with Crippen LogP contribution in [0.15, 0.2) is 36.4 Å². The normalized spacial score (nSPS) is 13.0. The number of nitrogens with one attached hydrogen (secondary N) is 1. The molecule has 0 atom stereocenters. The molecule has 1 aromatic carbocycles. The first-order valence-corrected chi connectivity index (χ1v) is 9.93. The maximum atomic E-state index is 12.3. The Kier molecular flexibility index (Phi) is 7.00. The summed E-state index contributed by atoms with van der Waals surface area (Å²) >= 11 is 1.32. The van der Waals surface area contributed by atoms with Gasteiger partial charge in [0.2, 0.25) is 5.91 Å². The topological polar surface area (TPSA) is 91.7 Å². The lowest BCUT2D eigenvalue weighted by molar-refractivity contribution is -0.111. The fourth-order valence-corrected chi connectivity index (χ4v) is 4.18. The van der Waals surface area contributed by atoms with Gasteiger partial charge >= 0.3 is 6.09 Å². The van der Waals surface area contributed by atoms with Crippen LogP contribution in [-0.4, -0.2) is 43.8 Å². The van der Waals surface area contributed by atoms with E-state index in [2.05, 4.69) is 11.4 Å². The van der Waals surface area contributed by atoms with E-state index in [0.29, 0.717) is 36.7 Å². The Hall–Kier alpha value is -3.15. The van der Waals surface area contributed by atoms with Gasteiger partial charge in [-0.1, -0.05) is 30.3 Å². The zero-order valence-electron chi connectivity index (χ0n) is 16.0. The van der Waals surface area contributed by atoms with Crippen LogP contribution in [0.1, 0.15) is 21.6 Å². The first-order chi connectivity index (χ1) is 14.1. The molecular weight excluding hydrogens is 390 g/mol. The zero-order valence-corrected chi connectivity index (χ0v) is 16.8. The number of anilines is 1. The summed E-state index contributed by atoms with van der Waals surface area (Å²) in [6.07, 6.45) is 3.29. The first kappa shape index (κ1) is 20.6.